The highest BCUT2D eigenvalue weighted by Gasteiger charge is 2.37. The zero-order chi connectivity index (χ0) is 8.48. The number of alkyl halides is 3. The molecule has 0 saturated carbocycles. The summed E-state index contributed by atoms with van der Waals surface area (Å²) in [6, 6.07) is 0. The second kappa shape index (κ2) is 2.60. The number of allylic oxidation sites excluding steroid dienone is 3. The molecule has 1 rings (SSSR count). The van der Waals surface area contributed by atoms with E-state index in [0.717, 1.165) is 6.08 Å². The quantitative estimate of drug-likeness (QED) is 0.580. The Morgan fingerprint density at radius 1 is 1.45 bits per heavy atom. The van der Waals surface area contributed by atoms with Crippen molar-refractivity contribution >= 4 is 0 Å². The Hall–Kier alpha value is -0.930. The standard InChI is InChI=1S/C7H8F3N/c8-7(9,10)5-2-1-3-6(11)4-5/h1,3-5H,2,11H2. The van der Waals surface area contributed by atoms with Crippen molar-refractivity contribution in [2.45, 2.75) is 12.6 Å². The van der Waals surface area contributed by atoms with E-state index in [1.54, 1.807) is 0 Å². The summed E-state index contributed by atoms with van der Waals surface area (Å²) in [7, 11) is 0. The highest BCUT2D eigenvalue weighted by atomic mass is 19.4. The molecule has 0 heterocycles. The molecule has 0 aromatic rings. The number of halogens is 3. The molecule has 0 aromatic heterocycles. The van der Waals surface area contributed by atoms with Crippen LogP contribution in [0.3, 0.4) is 0 Å². The summed E-state index contributed by atoms with van der Waals surface area (Å²) in [5.74, 6) is -1.40. The predicted molar refractivity (Wildman–Crippen MR) is 35.6 cm³/mol. The molecule has 1 atom stereocenters. The zero-order valence-electron chi connectivity index (χ0n) is 5.73. The summed E-state index contributed by atoms with van der Waals surface area (Å²) in [4.78, 5) is 0. The fourth-order valence-corrected chi connectivity index (χ4v) is 0.935. The Balaban J connectivity index is 2.71. The Morgan fingerprint density at radius 2 is 2.09 bits per heavy atom. The summed E-state index contributed by atoms with van der Waals surface area (Å²) in [6.07, 6.45) is -0.185. The van der Waals surface area contributed by atoms with E-state index in [-0.39, 0.29) is 12.1 Å². The Morgan fingerprint density at radius 3 is 2.45 bits per heavy atom. The highest BCUT2D eigenvalue weighted by Crippen LogP contribution is 2.32. The molecular formula is C7H8F3N. The maximum absolute atomic E-state index is 12.0. The van der Waals surface area contributed by atoms with Gasteiger partial charge in [-0.05, 0) is 18.6 Å². The van der Waals surface area contributed by atoms with Crippen LogP contribution in [-0.4, -0.2) is 6.18 Å². The average molecular weight is 163 g/mol. The van der Waals surface area contributed by atoms with Crippen molar-refractivity contribution < 1.29 is 13.2 Å². The predicted octanol–water partition coefficient (Wildman–Crippen LogP) is 1.97. The first-order chi connectivity index (χ1) is 5.00. The molecule has 1 aliphatic carbocycles. The van der Waals surface area contributed by atoms with Crippen molar-refractivity contribution in [2.75, 3.05) is 0 Å². The van der Waals surface area contributed by atoms with Gasteiger partial charge in [0, 0.05) is 5.70 Å². The Bertz CT molecular complexity index is 202. The van der Waals surface area contributed by atoms with Gasteiger partial charge in [0.15, 0.2) is 0 Å². The van der Waals surface area contributed by atoms with Gasteiger partial charge in [0.1, 0.15) is 0 Å². The highest BCUT2D eigenvalue weighted by molar-refractivity contribution is 5.21. The molecule has 1 nitrogen and oxygen atoms in total. The number of rotatable bonds is 0. The molecule has 62 valence electrons. The van der Waals surface area contributed by atoms with Gasteiger partial charge in [0.25, 0.3) is 0 Å². The topological polar surface area (TPSA) is 26.0 Å². The van der Waals surface area contributed by atoms with Gasteiger partial charge < -0.3 is 5.73 Å². The molecule has 0 radical (unpaired) electrons. The van der Waals surface area contributed by atoms with Crippen molar-refractivity contribution in [1.82, 2.24) is 0 Å². The lowest BCUT2D eigenvalue weighted by Gasteiger charge is -2.17. The summed E-state index contributed by atoms with van der Waals surface area (Å²) in [6.45, 7) is 0. The van der Waals surface area contributed by atoms with Crippen LogP contribution < -0.4 is 5.73 Å². The van der Waals surface area contributed by atoms with E-state index in [2.05, 4.69) is 0 Å². The summed E-state index contributed by atoms with van der Waals surface area (Å²) >= 11 is 0. The Kier molecular flexibility index (Phi) is 1.93. The average Bonchev–Trinajstić information content (AvgIpc) is 1.86. The summed E-state index contributed by atoms with van der Waals surface area (Å²) in [5.41, 5.74) is 5.39. The van der Waals surface area contributed by atoms with Crippen LogP contribution in [0.25, 0.3) is 0 Å². The SMILES string of the molecule is NC1=CC(C(F)(F)F)CC=C1. The normalized spacial score (nSPS) is 25.0. The molecule has 0 spiro atoms. The lowest BCUT2D eigenvalue weighted by molar-refractivity contribution is -0.160. The van der Waals surface area contributed by atoms with Gasteiger partial charge in [-0.2, -0.15) is 13.2 Å². The summed E-state index contributed by atoms with van der Waals surface area (Å²) in [5, 5.41) is 0. The van der Waals surface area contributed by atoms with E-state index in [1.807, 2.05) is 0 Å². The van der Waals surface area contributed by atoms with E-state index in [4.69, 9.17) is 5.73 Å². The second-order valence-electron chi connectivity index (χ2n) is 2.45. The zero-order valence-corrected chi connectivity index (χ0v) is 5.73. The van der Waals surface area contributed by atoms with E-state index >= 15 is 0 Å². The van der Waals surface area contributed by atoms with Crippen LogP contribution in [0.1, 0.15) is 6.42 Å². The molecule has 0 aromatic carbocycles. The maximum atomic E-state index is 12.0. The van der Waals surface area contributed by atoms with Gasteiger partial charge in [-0.25, -0.2) is 0 Å². The van der Waals surface area contributed by atoms with E-state index in [9.17, 15) is 13.2 Å². The second-order valence-corrected chi connectivity index (χ2v) is 2.45. The molecule has 1 unspecified atom stereocenters. The van der Waals surface area contributed by atoms with Crippen molar-refractivity contribution in [3.63, 3.8) is 0 Å². The van der Waals surface area contributed by atoms with Crippen LogP contribution >= 0.6 is 0 Å². The first kappa shape index (κ1) is 8.17. The molecule has 1 aliphatic rings. The molecule has 4 heteroatoms. The fraction of sp³-hybridized carbons (Fsp3) is 0.429. The summed E-state index contributed by atoms with van der Waals surface area (Å²) < 4.78 is 35.9. The molecule has 0 fully saturated rings. The van der Waals surface area contributed by atoms with Crippen molar-refractivity contribution in [1.29, 1.82) is 0 Å². The van der Waals surface area contributed by atoms with Crippen LogP contribution in [-0.2, 0) is 0 Å². The fourth-order valence-electron chi connectivity index (χ4n) is 0.935. The number of hydrogen-bond donors (Lipinski definition) is 1. The molecule has 0 bridgehead atoms. The molecule has 0 aliphatic heterocycles. The van der Waals surface area contributed by atoms with Crippen LogP contribution in [0.4, 0.5) is 13.2 Å². The van der Waals surface area contributed by atoms with Crippen LogP contribution in [0.5, 0.6) is 0 Å². The van der Waals surface area contributed by atoms with Gasteiger partial charge in [0.2, 0.25) is 0 Å². The van der Waals surface area contributed by atoms with Crippen LogP contribution in [0, 0.1) is 5.92 Å². The van der Waals surface area contributed by atoms with Crippen LogP contribution in [0.15, 0.2) is 23.9 Å². The first-order valence-corrected chi connectivity index (χ1v) is 3.20. The van der Waals surface area contributed by atoms with E-state index in [1.165, 1.54) is 12.2 Å². The smallest absolute Gasteiger partial charge is 0.395 e. The molecule has 2 N–H and O–H groups in total. The van der Waals surface area contributed by atoms with E-state index in [0.29, 0.717) is 0 Å². The minimum Gasteiger partial charge on any atom is -0.399 e. The number of nitrogens with two attached hydrogens (primary N) is 1. The molecule has 0 saturated heterocycles. The van der Waals surface area contributed by atoms with Crippen molar-refractivity contribution in [3.8, 4) is 0 Å². The molecule has 0 amide bonds. The van der Waals surface area contributed by atoms with Gasteiger partial charge in [-0.3, -0.25) is 0 Å². The molecular weight excluding hydrogens is 155 g/mol. The third kappa shape index (κ3) is 2.00. The lowest BCUT2D eigenvalue weighted by Crippen LogP contribution is -2.22. The van der Waals surface area contributed by atoms with Gasteiger partial charge in [-0.1, -0.05) is 6.08 Å². The van der Waals surface area contributed by atoms with Gasteiger partial charge >= 0.3 is 6.18 Å². The third-order valence-corrected chi connectivity index (χ3v) is 1.51. The van der Waals surface area contributed by atoms with Crippen LogP contribution in [0.2, 0.25) is 0 Å². The lowest BCUT2D eigenvalue weighted by atomic mass is 9.99. The number of hydrogen-bond acceptors (Lipinski definition) is 1. The third-order valence-electron chi connectivity index (χ3n) is 1.51. The molecule has 11 heavy (non-hydrogen) atoms. The van der Waals surface area contributed by atoms with E-state index < -0.39 is 12.1 Å². The largest absolute Gasteiger partial charge is 0.399 e. The van der Waals surface area contributed by atoms with Crippen molar-refractivity contribution in [2.24, 2.45) is 11.7 Å². The monoisotopic (exact) mass is 163 g/mol. The minimum atomic E-state index is -4.16. The van der Waals surface area contributed by atoms with Crippen molar-refractivity contribution in [3.05, 3.63) is 23.9 Å². The Labute approximate surface area is 62.4 Å². The first-order valence-electron chi connectivity index (χ1n) is 3.20. The van der Waals surface area contributed by atoms with Gasteiger partial charge in [-0.15, -0.1) is 0 Å². The minimum absolute atomic E-state index is 0.00417. The maximum Gasteiger partial charge on any atom is 0.395 e. The van der Waals surface area contributed by atoms with Gasteiger partial charge in [0.05, 0.1) is 5.92 Å².